The minimum absolute atomic E-state index is 0.0698. The van der Waals surface area contributed by atoms with E-state index in [0.29, 0.717) is 12.5 Å². The van der Waals surface area contributed by atoms with E-state index in [9.17, 15) is 9.59 Å². The summed E-state index contributed by atoms with van der Waals surface area (Å²) in [6, 6.07) is 8.21. The first-order valence-corrected chi connectivity index (χ1v) is 9.42. The highest BCUT2D eigenvalue weighted by molar-refractivity contribution is 5.96. The molecule has 2 aliphatic rings. The topological polar surface area (TPSA) is 66.6 Å². The number of likely N-dealkylation sites (tertiary alicyclic amines) is 2. The number of hydrogen-bond acceptors (Lipinski definition) is 4. The lowest BCUT2D eigenvalue weighted by Crippen LogP contribution is -2.50. The van der Waals surface area contributed by atoms with Gasteiger partial charge in [-0.15, -0.1) is 0 Å². The summed E-state index contributed by atoms with van der Waals surface area (Å²) in [6.07, 6.45) is 4.66. The maximum Gasteiger partial charge on any atom is 0.234 e. The lowest BCUT2D eigenvalue weighted by molar-refractivity contribution is -0.123. The van der Waals surface area contributed by atoms with Crippen molar-refractivity contribution in [2.24, 2.45) is 5.73 Å². The highest BCUT2D eigenvalue weighted by atomic mass is 16.1. The SMILES string of the molecule is Cc1ccc(C(=O)CCN2CCC(N3CCC[C@@H]3C(N)=O)CC2)cc1. The Balaban J connectivity index is 1.44. The molecule has 3 rings (SSSR count). The number of primary amides is 1. The van der Waals surface area contributed by atoms with Crippen LogP contribution in [0.3, 0.4) is 0 Å². The highest BCUT2D eigenvalue weighted by Crippen LogP contribution is 2.26. The summed E-state index contributed by atoms with van der Waals surface area (Å²) in [4.78, 5) is 28.6. The number of ketones is 1. The molecule has 0 aromatic heterocycles. The average molecular weight is 343 g/mol. The molecule has 2 aliphatic heterocycles. The monoisotopic (exact) mass is 343 g/mol. The maximum atomic E-state index is 12.3. The van der Waals surface area contributed by atoms with Gasteiger partial charge in [0.15, 0.2) is 5.78 Å². The smallest absolute Gasteiger partial charge is 0.234 e. The van der Waals surface area contributed by atoms with Crippen LogP contribution in [0.25, 0.3) is 0 Å². The Morgan fingerprint density at radius 1 is 1.08 bits per heavy atom. The quantitative estimate of drug-likeness (QED) is 0.802. The van der Waals surface area contributed by atoms with Crippen molar-refractivity contribution in [2.75, 3.05) is 26.2 Å². The van der Waals surface area contributed by atoms with Crippen molar-refractivity contribution in [2.45, 2.75) is 51.1 Å². The Labute approximate surface area is 150 Å². The number of Topliss-reactive ketones (excluding diaryl/α,β-unsaturated/α-hetero) is 1. The van der Waals surface area contributed by atoms with Crippen LogP contribution in [0.15, 0.2) is 24.3 Å². The number of carbonyl (C=O) groups is 2. The second-order valence-corrected chi connectivity index (χ2v) is 7.41. The zero-order chi connectivity index (χ0) is 17.8. The summed E-state index contributed by atoms with van der Waals surface area (Å²) in [5.74, 6) is 0.0408. The number of carbonyl (C=O) groups excluding carboxylic acids is 2. The molecule has 136 valence electrons. The van der Waals surface area contributed by atoms with Crippen LogP contribution in [0.1, 0.15) is 48.0 Å². The fourth-order valence-corrected chi connectivity index (χ4v) is 4.15. The van der Waals surface area contributed by atoms with E-state index in [4.69, 9.17) is 5.73 Å². The van der Waals surface area contributed by atoms with Gasteiger partial charge >= 0.3 is 0 Å². The summed E-state index contributed by atoms with van der Waals surface area (Å²) in [5, 5.41) is 0. The summed E-state index contributed by atoms with van der Waals surface area (Å²) in [5.41, 5.74) is 7.52. The van der Waals surface area contributed by atoms with Gasteiger partial charge in [-0.1, -0.05) is 29.8 Å². The fraction of sp³-hybridized carbons (Fsp3) is 0.600. The van der Waals surface area contributed by atoms with E-state index < -0.39 is 0 Å². The van der Waals surface area contributed by atoms with Crippen molar-refractivity contribution in [3.8, 4) is 0 Å². The van der Waals surface area contributed by atoms with Crippen molar-refractivity contribution in [3.63, 3.8) is 0 Å². The van der Waals surface area contributed by atoms with Crippen molar-refractivity contribution in [3.05, 3.63) is 35.4 Å². The molecule has 5 nitrogen and oxygen atoms in total. The molecular weight excluding hydrogens is 314 g/mol. The predicted octanol–water partition coefficient (Wildman–Crippen LogP) is 1.98. The van der Waals surface area contributed by atoms with Gasteiger partial charge in [0.25, 0.3) is 0 Å². The average Bonchev–Trinajstić information content (AvgIpc) is 3.11. The Morgan fingerprint density at radius 2 is 1.76 bits per heavy atom. The number of aryl methyl sites for hydroxylation is 1. The molecule has 0 saturated carbocycles. The van der Waals surface area contributed by atoms with Crippen molar-refractivity contribution >= 4 is 11.7 Å². The van der Waals surface area contributed by atoms with Gasteiger partial charge in [0.1, 0.15) is 0 Å². The molecule has 2 saturated heterocycles. The molecule has 0 bridgehead atoms. The van der Waals surface area contributed by atoms with Crippen LogP contribution in [0.2, 0.25) is 0 Å². The summed E-state index contributed by atoms with van der Waals surface area (Å²) >= 11 is 0. The van der Waals surface area contributed by atoms with Crippen LogP contribution in [-0.2, 0) is 4.79 Å². The van der Waals surface area contributed by atoms with Crippen molar-refractivity contribution < 1.29 is 9.59 Å². The summed E-state index contributed by atoms with van der Waals surface area (Å²) < 4.78 is 0. The standard InChI is InChI=1S/C20H29N3O2/c1-15-4-6-16(7-5-15)19(24)10-14-22-12-8-17(9-13-22)23-11-2-3-18(23)20(21)25/h4-7,17-18H,2-3,8-14H2,1H3,(H2,21,25)/t18-/m1/s1. The van der Waals surface area contributed by atoms with Crippen LogP contribution in [0.5, 0.6) is 0 Å². The van der Waals surface area contributed by atoms with Crippen molar-refractivity contribution in [1.29, 1.82) is 0 Å². The van der Waals surface area contributed by atoms with Crippen LogP contribution in [-0.4, -0.2) is 59.8 Å². The number of hydrogen-bond donors (Lipinski definition) is 1. The molecule has 1 amide bonds. The van der Waals surface area contributed by atoms with Crippen LogP contribution in [0, 0.1) is 6.92 Å². The Kier molecular flexibility index (Phi) is 5.86. The second kappa shape index (κ2) is 8.11. The van der Waals surface area contributed by atoms with E-state index in [1.807, 2.05) is 31.2 Å². The van der Waals surface area contributed by atoms with Crippen LogP contribution < -0.4 is 5.73 Å². The van der Waals surface area contributed by atoms with E-state index in [1.165, 1.54) is 5.56 Å². The predicted molar refractivity (Wildman–Crippen MR) is 98.5 cm³/mol. The number of amides is 1. The maximum absolute atomic E-state index is 12.3. The molecular formula is C20H29N3O2. The third-order valence-corrected chi connectivity index (χ3v) is 5.68. The minimum Gasteiger partial charge on any atom is -0.368 e. The van der Waals surface area contributed by atoms with E-state index in [0.717, 1.165) is 57.4 Å². The van der Waals surface area contributed by atoms with E-state index in [1.54, 1.807) is 0 Å². The second-order valence-electron chi connectivity index (χ2n) is 7.41. The van der Waals surface area contributed by atoms with Gasteiger partial charge in [-0.2, -0.15) is 0 Å². The molecule has 0 spiro atoms. The number of nitrogens with zero attached hydrogens (tertiary/aromatic N) is 2. The first-order chi connectivity index (χ1) is 12.0. The molecule has 2 heterocycles. The number of rotatable bonds is 6. The highest BCUT2D eigenvalue weighted by Gasteiger charge is 2.35. The molecule has 5 heteroatoms. The zero-order valence-corrected chi connectivity index (χ0v) is 15.1. The molecule has 1 aromatic rings. The molecule has 0 radical (unpaired) electrons. The first-order valence-electron chi connectivity index (χ1n) is 9.42. The Morgan fingerprint density at radius 3 is 2.40 bits per heavy atom. The first kappa shape index (κ1) is 18.1. The van der Waals surface area contributed by atoms with E-state index in [-0.39, 0.29) is 17.7 Å². The lowest BCUT2D eigenvalue weighted by Gasteiger charge is -2.38. The van der Waals surface area contributed by atoms with Gasteiger partial charge < -0.3 is 10.6 Å². The largest absolute Gasteiger partial charge is 0.368 e. The Bertz CT molecular complexity index is 606. The number of piperidine rings is 1. The zero-order valence-electron chi connectivity index (χ0n) is 15.1. The molecule has 2 N–H and O–H groups in total. The summed E-state index contributed by atoms with van der Waals surface area (Å²) in [7, 11) is 0. The van der Waals surface area contributed by atoms with Gasteiger partial charge in [0.05, 0.1) is 6.04 Å². The molecule has 1 atom stereocenters. The van der Waals surface area contributed by atoms with Crippen LogP contribution >= 0.6 is 0 Å². The third-order valence-electron chi connectivity index (χ3n) is 5.68. The Hall–Kier alpha value is -1.72. The number of benzene rings is 1. The van der Waals surface area contributed by atoms with Gasteiger partial charge in [-0.3, -0.25) is 14.5 Å². The molecule has 25 heavy (non-hydrogen) atoms. The normalized spacial score (nSPS) is 23.0. The number of nitrogens with two attached hydrogens (primary N) is 1. The van der Waals surface area contributed by atoms with E-state index >= 15 is 0 Å². The van der Waals surface area contributed by atoms with Gasteiger partial charge in [-0.05, 0) is 52.2 Å². The van der Waals surface area contributed by atoms with Gasteiger partial charge in [0.2, 0.25) is 5.91 Å². The van der Waals surface area contributed by atoms with Gasteiger partial charge in [-0.25, -0.2) is 0 Å². The van der Waals surface area contributed by atoms with Gasteiger partial charge in [0, 0.05) is 24.6 Å². The molecule has 2 fully saturated rings. The minimum atomic E-state index is -0.177. The fourth-order valence-electron chi connectivity index (χ4n) is 4.15. The third kappa shape index (κ3) is 4.47. The van der Waals surface area contributed by atoms with Crippen molar-refractivity contribution in [1.82, 2.24) is 9.80 Å². The van der Waals surface area contributed by atoms with Crippen LogP contribution in [0.4, 0.5) is 0 Å². The lowest BCUT2D eigenvalue weighted by atomic mass is 10.0. The molecule has 0 unspecified atom stereocenters. The molecule has 1 aromatic carbocycles. The molecule has 0 aliphatic carbocycles. The summed E-state index contributed by atoms with van der Waals surface area (Å²) in [6.45, 7) is 5.83. The van der Waals surface area contributed by atoms with E-state index in [2.05, 4.69) is 9.80 Å².